The fourth-order valence-corrected chi connectivity index (χ4v) is 4.75. The summed E-state index contributed by atoms with van der Waals surface area (Å²) in [5.41, 5.74) is 4.38. The van der Waals surface area contributed by atoms with Crippen molar-refractivity contribution in [3.8, 4) is 10.6 Å². The number of rotatable bonds is 8. The van der Waals surface area contributed by atoms with Gasteiger partial charge in [0, 0.05) is 43.2 Å². The van der Waals surface area contributed by atoms with Crippen molar-refractivity contribution in [2.24, 2.45) is 0 Å². The molecule has 5 nitrogen and oxygen atoms in total. The van der Waals surface area contributed by atoms with Crippen molar-refractivity contribution >= 4 is 17.2 Å². The van der Waals surface area contributed by atoms with Crippen molar-refractivity contribution in [3.05, 3.63) is 76.8 Å². The zero-order valence-electron chi connectivity index (χ0n) is 18.9. The van der Waals surface area contributed by atoms with E-state index >= 15 is 0 Å². The van der Waals surface area contributed by atoms with E-state index in [0.717, 1.165) is 54.7 Å². The van der Waals surface area contributed by atoms with Crippen LogP contribution in [0.5, 0.6) is 0 Å². The molecule has 0 bridgehead atoms. The first kappa shape index (κ1) is 22.6. The van der Waals surface area contributed by atoms with Crippen molar-refractivity contribution in [3.63, 3.8) is 0 Å². The molecule has 1 aromatic heterocycles. The standard InChI is InChI=1S/C26H31N3O2S/c1-20(2)29(18-21-7-4-3-5-8-21)25(30)16-24-19-32-26(27-24)23-10-6-9-22(15-23)17-28-11-13-31-14-12-28/h3-10,15,19-20H,11-14,16-18H2,1-2H3. The second-order valence-corrected chi connectivity index (χ2v) is 9.37. The largest absolute Gasteiger partial charge is 0.379 e. The van der Waals surface area contributed by atoms with Crippen LogP contribution in [0, 0.1) is 0 Å². The number of benzene rings is 2. The summed E-state index contributed by atoms with van der Waals surface area (Å²) in [6.45, 7) is 9.24. The molecule has 3 aromatic rings. The molecule has 0 atom stereocenters. The lowest BCUT2D eigenvalue weighted by molar-refractivity contribution is -0.132. The van der Waals surface area contributed by atoms with Crippen LogP contribution in [0.1, 0.15) is 30.7 Å². The summed E-state index contributed by atoms with van der Waals surface area (Å²) >= 11 is 1.61. The van der Waals surface area contributed by atoms with Crippen LogP contribution in [0.4, 0.5) is 0 Å². The predicted molar refractivity (Wildman–Crippen MR) is 129 cm³/mol. The number of carbonyl (C=O) groups excluding carboxylic acids is 1. The molecule has 0 aliphatic carbocycles. The highest BCUT2D eigenvalue weighted by molar-refractivity contribution is 7.13. The molecule has 1 aliphatic rings. The van der Waals surface area contributed by atoms with E-state index in [1.54, 1.807) is 11.3 Å². The Kier molecular flexibility index (Phi) is 7.68. The van der Waals surface area contributed by atoms with Crippen LogP contribution in [-0.2, 0) is 29.0 Å². The number of hydrogen-bond acceptors (Lipinski definition) is 5. The monoisotopic (exact) mass is 449 g/mol. The number of carbonyl (C=O) groups is 1. The van der Waals surface area contributed by atoms with Crippen LogP contribution in [0.15, 0.2) is 60.0 Å². The topological polar surface area (TPSA) is 45.7 Å². The van der Waals surface area contributed by atoms with Crippen molar-refractivity contribution in [1.29, 1.82) is 0 Å². The Hall–Kier alpha value is -2.54. The fraction of sp³-hybridized carbons (Fsp3) is 0.385. The zero-order chi connectivity index (χ0) is 22.3. The van der Waals surface area contributed by atoms with Gasteiger partial charge in [0.15, 0.2) is 0 Å². The lowest BCUT2D eigenvalue weighted by Gasteiger charge is -2.26. The Bertz CT molecular complexity index is 1010. The zero-order valence-corrected chi connectivity index (χ0v) is 19.7. The van der Waals surface area contributed by atoms with Gasteiger partial charge in [0.2, 0.25) is 5.91 Å². The van der Waals surface area contributed by atoms with Gasteiger partial charge in [-0.1, -0.05) is 48.5 Å². The second-order valence-electron chi connectivity index (χ2n) is 8.51. The second kappa shape index (κ2) is 10.9. The molecule has 2 heterocycles. The number of thiazole rings is 1. The Morgan fingerprint density at radius 1 is 1.09 bits per heavy atom. The molecule has 1 amide bonds. The van der Waals surface area contributed by atoms with E-state index in [9.17, 15) is 4.79 Å². The molecular formula is C26H31N3O2S. The normalized spacial score (nSPS) is 14.6. The molecule has 2 aromatic carbocycles. The van der Waals surface area contributed by atoms with E-state index in [-0.39, 0.29) is 11.9 Å². The molecule has 0 radical (unpaired) electrons. The third kappa shape index (κ3) is 6.03. The van der Waals surface area contributed by atoms with Gasteiger partial charge in [-0.25, -0.2) is 4.98 Å². The van der Waals surface area contributed by atoms with Crippen molar-refractivity contribution < 1.29 is 9.53 Å². The number of morpholine rings is 1. The Morgan fingerprint density at radius 3 is 2.59 bits per heavy atom. The summed E-state index contributed by atoms with van der Waals surface area (Å²) < 4.78 is 5.45. The highest BCUT2D eigenvalue weighted by atomic mass is 32.1. The van der Waals surface area contributed by atoms with Gasteiger partial charge in [0.25, 0.3) is 0 Å². The average molecular weight is 450 g/mol. The minimum atomic E-state index is 0.113. The van der Waals surface area contributed by atoms with E-state index in [1.807, 2.05) is 28.5 Å². The maximum Gasteiger partial charge on any atom is 0.229 e. The predicted octanol–water partition coefficient (Wildman–Crippen LogP) is 4.62. The van der Waals surface area contributed by atoms with Crippen molar-refractivity contribution in [2.75, 3.05) is 26.3 Å². The summed E-state index contributed by atoms with van der Waals surface area (Å²) in [7, 11) is 0. The van der Waals surface area contributed by atoms with E-state index in [4.69, 9.17) is 9.72 Å². The first-order chi connectivity index (χ1) is 15.6. The number of amides is 1. The van der Waals surface area contributed by atoms with E-state index in [2.05, 4.69) is 55.1 Å². The van der Waals surface area contributed by atoms with Gasteiger partial charge < -0.3 is 9.64 Å². The summed E-state index contributed by atoms with van der Waals surface area (Å²) in [5, 5.41) is 2.99. The van der Waals surface area contributed by atoms with Crippen molar-refractivity contribution in [2.45, 2.75) is 39.4 Å². The first-order valence-corrected chi connectivity index (χ1v) is 12.1. The summed E-state index contributed by atoms with van der Waals surface area (Å²) in [6, 6.07) is 18.9. The molecule has 1 aliphatic heterocycles. The molecule has 0 unspecified atom stereocenters. The van der Waals surface area contributed by atoms with Crippen LogP contribution in [0.3, 0.4) is 0 Å². The molecule has 1 fully saturated rings. The smallest absolute Gasteiger partial charge is 0.229 e. The molecule has 1 saturated heterocycles. The fourth-order valence-electron chi connectivity index (χ4n) is 3.94. The lowest BCUT2D eigenvalue weighted by Crippen LogP contribution is -2.37. The number of hydrogen-bond donors (Lipinski definition) is 0. The number of aromatic nitrogens is 1. The van der Waals surface area contributed by atoms with Crippen LogP contribution >= 0.6 is 11.3 Å². The van der Waals surface area contributed by atoms with E-state index in [1.165, 1.54) is 5.56 Å². The summed E-state index contributed by atoms with van der Waals surface area (Å²) in [6.07, 6.45) is 0.328. The van der Waals surface area contributed by atoms with Crippen LogP contribution in [-0.4, -0.2) is 53.0 Å². The first-order valence-electron chi connectivity index (χ1n) is 11.3. The third-order valence-electron chi connectivity index (χ3n) is 5.71. The maximum atomic E-state index is 13.1. The summed E-state index contributed by atoms with van der Waals surface area (Å²) in [4.78, 5) is 22.2. The van der Waals surface area contributed by atoms with Gasteiger partial charge >= 0.3 is 0 Å². The van der Waals surface area contributed by atoms with E-state index < -0.39 is 0 Å². The van der Waals surface area contributed by atoms with Gasteiger partial charge in [-0.15, -0.1) is 11.3 Å². The molecule has 168 valence electrons. The van der Waals surface area contributed by atoms with Crippen LogP contribution in [0.2, 0.25) is 0 Å². The Labute approximate surface area is 194 Å². The number of ether oxygens (including phenoxy) is 1. The lowest BCUT2D eigenvalue weighted by atomic mass is 10.1. The summed E-state index contributed by atoms with van der Waals surface area (Å²) in [5.74, 6) is 0.113. The molecular weight excluding hydrogens is 418 g/mol. The van der Waals surface area contributed by atoms with Gasteiger partial charge in [-0.2, -0.15) is 0 Å². The van der Waals surface area contributed by atoms with Gasteiger partial charge in [-0.3, -0.25) is 9.69 Å². The van der Waals surface area contributed by atoms with Gasteiger partial charge in [0.05, 0.1) is 25.3 Å². The van der Waals surface area contributed by atoms with Gasteiger partial charge in [-0.05, 0) is 31.0 Å². The van der Waals surface area contributed by atoms with E-state index in [0.29, 0.717) is 13.0 Å². The van der Waals surface area contributed by atoms with Crippen molar-refractivity contribution in [1.82, 2.24) is 14.8 Å². The molecule has 0 N–H and O–H groups in total. The third-order valence-corrected chi connectivity index (χ3v) is 6.65. The quantitative estimate of drug-likeness (QED) is 0.503. The highest BCUT2D eigenvalue weighted by Gasteiger charge is 2.19. The average Bonchev–Trinajstić information content (AvgIpc) is 3.27. The molecule has 0 spiro atoms. The molecule has 6 heteroatoms. The minimum absolute atomic E-state index is 0.113. The number of nitrogens with zero attached hydrogens (tertiary/aromatic N) is 3. The SMILES string of the molecule is CC(C)N(Cc1ccccc1)C(=O)Cc1csc(-c2cccc(CN3CCOCC3)c2)n1. The Morgan fingerprint density at radius 2 is 1.84 bits per heavy atom. The maximum absolute atomic E-state index is 13.1. The molecule has 32 heavy (non-hydrogen) atoms. The minimum Gasteiger partial charge on any atom is -0.379 e. The van der Waals surface area contributed by atoms with Gasteiger partial charge in [0.1, 0.15) is 5.01 Å². The Balaban J connectivity index is 1.41. The molecule has 4 rings (SSSR count). The molecule has 0 saturated carbocycles. The van der Waals surface area contributed by atoms with Crippen LogP contribution in [0.25, 0.3) is 10.6 Å². The highest BCUT2D eigenvalue weighted by Crippen LogP contribution is 2.26. The van der Waals surface area contributed by atoms with Crippen LogP contribution < -0.4 is 0 Å².